The van der Waals surface area contributed by atoms with E-state index in [1.807, 2.05) is 0 Å². The maximum Gasteiger partial charge on any atom is 0.416 e. The van der Waals surface area contributed by atoms with Crippen molar-refractivity contribution in [2.24, 2.45) is 0 Å². The van der Waals surface area contributed by atoms with Crippen molar-refractivity contribution < 1.29 is 21.6 Å². The van der Waals surface area contributed by atoms with Crippen LogP contribution in [-0.4, -0.2) is 27.5 Å². The molecule has 1 aromatic carbocycles. The summed E-state index contributed by atoms with van der Waals surface area (Å²) in [6, 6.07) is 3.53. The lowest BCUT2D eigenvalue weighted by molar-refractivity contribution is -0.137. The van der Waals surface area contributed by atoms with E-state index < -0.39 is 21.8 Å². The molecule has 9 heteroatoms. The summed E-state index contributed by atoms with van der Waals surface area (Å²) < 4.78 is 64.4. The van der Waals surface area contributed by atoms with Gasteiger partial charge < -0.3 is 5.32 Å². The van der Waals surface area contributed by atoms with Crippen LogP contribution in [0.15, 0.2) is 29.2 Å². The monoisotopic (exact) mass is 344 g/mol. The topological polar surface area (TPSA) is 58.2 Å². The smallest absolute Gasteiger partial charge is 0.317 e. The van der Waals surface area contributed by atoms with Crippen LogP contribution in [0.3, 0.4) is 0 Å². The molecule has 0 saturated carbocycles. The van der Waals surface area contributed by atoms with Crippen molar-refractivity contribution >= 4 is 22.4 Å². The highest BCUT2D eigenvalue weighted by Gasteiger charge is 2.32. The van der Waals surface area contributed by atoms with E-state index in [1.165, 1.54) is 6.07 Å². The van der Waals surface area contributed by atoms with Gasteiger partial charge in [0, 0.05) is 6.04 Å². The standard InChI is InChI=1S/C12H15F3N2O2S.ClH/c13-12(14,15)9-2-1-3-11(8-9)20(18,19)17-10-4-6-16-7-5-10;/h1-3,8,10,16-17H,4-7H2;1H. The van der Waals surface area contributed by atoms with Crippen LogP contribution in [-0.2, 0) is 16.2 Å². The zero-order chi connectivity index (χ0) is 14.8. The van der Waals surface area contributed by atoms with Gasteiger partial charge in [-0.3, -0.25) is 0 Å². The molecule has 120 valence electrons. The summed E-state index contributed by atoms with van der Waals surface area (Å²) in [5, 5.41) is 3.09. The lowest BCUT2D eigenvalue weighted by Gasteiger charge is -2.23. The third-order valence-corrected chi connectivity index (χ3v) is 4.65. The first kappa shape index (κ1) is 18.2. The molecule has 0 aromatic heterocycles. The van der Waals surface area contributed by atoms with E-state index in [1.54, 1.807) is 0 Å². The summed E-state index contributed by atoms with van der Waals surface area (Å²) in [4.78, 5) is -0.356. The van der Waals surface area contributed by atoms with E-state index in [-0.39, 0.29) is 23.3 Å². The van der Waals surface area contributed by atoms with E-state index in [9.17, 15) is 21.6 Å². The number of halogens is 4. The molecule has 4 nitrogen and oxygen atoms in total. The van der Waals surface area contributed by atoms with Crippen LogP contribution in [0, 0.1) is 0 Å². The lowest BCUT2D eigenvalue weighted by Crippen LogP contribution is -2.42. The van der Waals surface area contributed by atoms with Crippen LogP contribution in [0.4, 0.5) is 13.2 Å². The zero-order valence-electron chi connectivity index (χ0n) is 11.0. The van der Waals surface area contributed by atoms with Crippen molar-refractivity contribution in [3.8, 4) is 0 Å². The Kier molecular flexibility index (Phi) is 6.03. The summed E-state index contributed by atoms with van der Waals surface area (Å²) in [6.45, 7) is 1.38. The number of rotatable bonds is 3. The molecular formula is C12H16ClF3N2O2S. The molecule has 0 amide bonds. The zero-order valence-corrected chi connectivity index (χ0v) is 12.6. The molecule has 2 N–H and O–H groups in total. The summed E-state index contributed by atoms with van der Waals surface area (Å²) >= 11 is 0. The van der Waals surface area contributed by atoms with E-state index >= 15 is 0 Å². The summed E-state index contributed by atoms with van der Waals surface area (Å²) in [7, 11) is -3.92. The van der Waals surface area contributed by atoms with E-state index in [0.29, 0.717) is 32.0 Å². The van der Waals surface area contributed by atoms with Gasteiger partial charge in [0.25, 0.3) is 0 Å². The van der Waals surface area contributed by atoms with E-state index in [2.05, 4.69) is 10.0 Å². The maximum absolute atomic E-state index is 12.6. The maximum atomic E-state index is 12.6. The molecule has 1 aliphatic heterocycles. The predicted molar refractivity (Wildman–Crippen MR) is 74.9 cm³/mol. The van der Waals surface area contributed by atoms with Crippen LogP contribution in [0.1, 0.15) is 18.4 Å². The van der Waals surface area contributed by atoms with Crippen LogP contribution >= 0.6 is 12.4 Å². The van der Waals surface area contributed by atoms with Crippen LogP contribution < -0.4 is 10.0 Å². The van der Waals surface area contributed by atoms with Gasteiger partial charge in [0.2, 0.25) is 10.0 Å². The van der Waals surface area contributed by atoms with Gasteiger partial charge in [0.05, 0.1) is 10.5 Å². The Hall–Kier alpha value is -0.830. The van der Waals surface area contributed by atoms with Gasteiger partial charge in [-0.15, -0.1) is 12.4 Å². The number of hydrogen-bond donors (Lipinski definition) is 2. The molecule has 1 aromatic rings. The highest BCUT2D eigenvalue weighted by atomic mass is 35.5. The Labute approximate surface area is 127 Å². The number of hydrogen-bond acceptors (Lipinski definition) is 3. The molecule has 0 radical (unpaired) electrons. The van der Waals surface area contributed by atoms with Crippen LogP contribution in [0.2, 0.25) is 0 Å². The third-order valence-electron chi connectivity index (χ3n) is 3.13. The number of nitrogens with one attached hydrogen (secondary N) is 2. The number of piperidine rings is 1. The lowest BCUT2D eigenvalue weighted by atomic mass is 10.1. The Morgan fingerprint density at radius 2 is 1.81 bits per heavy atom. The second-order valence-corrected chi connectivity index (χ2v) is 6.39. The highest BCUT2D eigenvalue weighted by molar-refractivity contribution is 7.89. The first-order valence-corrected chi connectivity index (χ1v) is 7.68. The molecule has 0 unspecified atom stereocenters. The second-order valence-electron chi connectivity index (χ2n) is 4.67. The highest BCUT2D eigenvalue weighted by Crippen LogP contribution is 2.30. The second kappa shape index (κ2) is 6.95. The fourth-order valence-electron chi connectivity index (χ4n) is 2.07. The van der Waals surface area contributed by atoms with E-state index in [4.69, 9.17) is 0 Å². The van der Waals surface area contributed by atoms with Crippen molar-refractivity contribution in [2.45, 2.75) is 30.0 Å². The Balaban J connectivity index is 0.00000220. The Bertz CT molecular complexity index is 572. The van der Waals surface area contributed by atoms with Gasteiger partial charge in [-0.1, -0.05) is 6.07 Å². The molecule has 0 bridgehead atoms. The fourth-order valence-corrected chi connectivity index (χ4v) is 3.42. The first-order chi connectivity index (χ1) is 9.29. The SMILES string of the molecule is Cl.O=S(=O)(NC1CCNCC1)c1cccc(C(F)(F)F)c1. The Morgan fingerprint density at radius 1 is 1.19 bits per heavy atom. The first-order valence-electron chi connectivity index (χ1n) is 6.19. The average Bonchev–Trinajstić information content (AvgIpc) is 2.38. The third kappa shape index (κ3) is 4.84. The predicted octanol–water partition coefficient (Wildman–Crippen LogP) is 2.16. The molecular weight excluding hydrogens is 329 g/mol. The molecule has 1 saturated heterocycles. The van der Waals surface area contributed by atoms with Crippen LogP contribution in [0.25, 0.3) is 0 Å². The summed E-state index contributed by atoms with van der Waals surface area (Å²) in [5.41, 5.74) is -0.967. The average molecular weight is 345 g/mol. The molecule has 2 rings (SSSR count). The van der Waals surface area contributed by atoms with Crippen molar-refractivity contribution in [3.63, 3.8) is 0 Å². The van der Waals surface area contributed by atoms with Crippen molar-refractivity contribution in [3.05, 3.63) is 29.8 Å². The number of sulfonamides is 1. The van der Waals surface area contributed by atoms with Crippen molar-refractivity contribution in [1.82, 2.24) is 10.0 Å². The summed E-state index contributed by atoms with van der Waals surface area (Å²) in [6.07, 6.45) is -3.31. The van der Waals surface area contributed by atoms with Crippen LogP contribution in [0.5, 0.6) is 0 Å². The van der Waals surface area contributed by atoms with Crippen molar-refractivity contribution in [2.75, 3.05) is 13.1 Å². The molecule has 1 fully saturated rings. The number of benzene rings is 1. The molecule has 0 atom stereocenters. The normalized spacial score (nSPS) is 17.3. The summed E-state index contributed by atoms with van der Waals surface area (Å²) in [5.74, 6) is 0. The minimum atomic E-state index is -4.56. The van der Waals surface area contributed by atoms with Gasteiger partial charge >= 0.3 is 6.18 Å². The van der Waals surface area contributed by atoms with Gasteiger partial charge in [-0.05, 0) is 44.1 Å². The van der Waals surface area contributed by atoms with Gasteiger partial charge in [0.1, 0.15) is 0 Å². The quantitative estimate of drug-likeness (QED) is 0.883. The fraction of sp³-hybridized carbons (Fsp3) is 0.500. The number of alkyl halides is 3. The molecule has 1 heterocycles. The molecule has 21 heavy (non-hydrogen) atoms. The molecule has 1 aliphatic rings. The van der Waals surface area contributed by atoms with Gasteiger partial charge in [-0.25, -0.2) is 13.1 Å². The van der Waals surface area contributed by atoms with Gasteiger partial charge in [-0.2, -0.15) is 13.2 Å². The molecule has 0 spiro atoms. The van der Waals surface area contributed by atoms with Gasteiger partial charge in [0.15, 0.2) is 0 Å². The minimum absolute atomic E-state index is 0. The van der Waals surface area contributed by atoms with Crippen molar-refractivity contribution in [1.29, 1.82) is 0 Å². The Morgan fingerprint density at radius 3 is 2.38 bits per heavy atom. The van der Waals surface area contributed by atoms with E-state index in [0.717, 1.165) is 12.1 Å². The largest absolute Gasteiger partial charge is 0.416 e. The molecule has 0 aliphatic carbocycles. The minimum Gasteiger partial charge on any atom is -0.317 e.